The molecule has 34 heavy (non-hydrogen) atoms. The number of hydrogen-bond acceptors (Lipinski definition) is 4. The average molecular weight is 516 g/mol. The fourth-order valence-corrected chi connectivity index (χ4v) is 4.33. The van der Waals surface area contributed by atoms with Gasteiger partial charge in [-0.05, 0) is 17.7 Å². The van der Waals surface area contributed by atoms with Gasteiger partial charge in [0.1, 0.15) is 17.4 Å². The summed E-state index contributed by atoms with van der Waals surface area (Å²) in [4.78, 5) is 11.0. The molecule has 0 unspecified atom stereocenters. The molecule has 0 bridgehead atoms. The normalized spacial score (nSPS) is 17.2. The molecule has 0 N–H and O–H groups in total. The molecule has 0 saturated carbocycles. The zero-order valence-corrected chi connectivity index (χ0v) is 18.2. The highest BCUT2D eigenvalue weighted by Crippen LogP contribution is 2.40. The van der Waals surface area contributed by atoms with Crippen molar-refractivity contribution in [2.45, 2.75) is 31.4 Å². The number of rotatable bonds is 5. The van der Waals surface area contributed by atoms with Crippen molar-refractivity contribution in [2.75, 3.05) is 32.7 Å². The lowest BCUT2D eigenvalue weighted by atomic mass is 10.1. The minimum atomic E-state index is -5.76. The molecule has 14 heteroatoms. The molecule has 0 atom stereocenters. The van der Waals surface area contributed by atoms with Crippen molar-refractivity contribution in [3.8, 4) is 0 Å². The van der Waals surface area contributed by atoms with Gasteiger partial charge in [0.05, 0.1) is 18.6 Å². The molecule has 186 valence electrons. The number of piperazine rings is 1. The zero-order chi connectivity index (χ0) is 24.9. The van der Waals surface area contributed by atoms with Gasteiger partial charge < -0.3 is 4.57 Å². The maximum Gasteiger partial charge on any atom is 0.455 e. The second kappa shape index (κ2) is 8.76. The fourth-order valence-electron chi connectivity index (χ4n) is 4.09. The van der Waals surface area contributed by atoms with Gasteiger partial charge in [-0.2, -0.15) is 35.1 Å². The quantitative estimate of drug-likeness (QED) is 0.349. The van der Waals surface area contributed by atoms with Crippen molar-refractivity contribution in [1.82, 2.24) is 24.3 Å². The van der Waals surface area contributed by atoms with Crippen LogP contribution < -0.4 is 0 Å². The third kappa shape index (κ3) is 5.05. The lowest BCUT2D eigenvalue weighted by Gasteiger charge is -2.35. The molecule has 0 aliphatic carbocycles. The van der Waals surface area contributed by atoms with Crippen molar-refractivity contribution in [3.05, 3.63) is 35.2 Å². The molecule has 3 heterocycles. The third-order valence-electron chi connectivity index (χ3n) is 5.70. The molecule has 0 spiro atoms. The third-order valence-corrected chi connectivity index (χ3v) is 5.98. The van der Waals surface area contributed by atoms with E-state index in [0.717, 1.165) is 10.9 Å². The van der Waals surface area contributed by atoms with Gasteiger partial charge in [-0.25, -0.2) is 9.97 Å². The van der Waals surface area contributed by atoms with Crippen LogP contribution in [0.2, 0.25) is 5.15 Å². The highest BCUT2D eigenvalue weighted by Gasteiger charge is 2.57. The number of nitrogens with zero attached hydrogens (tertiary/aromatic N) is 5. The Bertz CT molecular complexity index is 1180. The molecule has 4 rings (SSSR count). The monoisotopic (exact) mass is 515 g/mol. The van der Waals surface area contributed by atoms with Crippen LogP contribution in [0.3, 0.4) is 0 Å². The molecular formula is C20H18ClF8N5. The molecule has 1 saturated heterocycles. The first-order valence-corrected chi connectivity index (χ1v) is 10.5. The van der Waals surface area contributed by atoms with E-state index in [1.807, 2.05) is 4.90 Å². The van der Waals surface area contributed by atoms with Crippen molar-refractivity contribution < 1.29 is 35.1 Å². The number of halogens is 9. The van der Waals surface area contributed by atoms with Crippen LogP contribution in [0.4, 0.5) is 35.1 Å². The van der Waals surface area contributed by atoms with E-state index in [0.29, 0.717) is 30.6 Å². The molecular weight excluding hydrogens is 498 g/mol. The molecule has 3 aromatic rings. The zero-order valence-electron chi connectivity index (χ0n) is 17.4. The molecule has 2 aromatic heterocycles. The molecule has 1 aliphatic heterocycles. The van der Waals surface area contributed by atoms with Crippen molar-refractivity contribution in [2.24, 2.45) is 0 Å². The summed E-state index contributed by atoms with van der Waals surface area (Å²) in [6, 6.07) is 4.60. The average Bonchev–Trinajstić information content (AvgIpc) is 3.01. The van der Waals surface area contributed by atoms with Crippen molar-refractivity contribution >= 4 is 33.5 Å². The first-order valence-electron chi connectivity index (χ1n) is 10.1. The summed E-state index contributed by atoms with van der Waals surface area (Å²) in [7, 11) is 0. The first kappa shape index (κ1) is 24.9. The van der Waals surface area contributed by atoms with Crippen LogP contribution in [0.5, 0.6) is 0 Å². The van der Waals surface area contributed by atoms with E-state index in [2.05, 4.69) is 9.97 Å². The molecule has 1 aromatic carbocycles. The summed E-state index contributed by atoms with van der Waals surface area (Å²) in [5.74, 6) is -5.01. The Hall–Kier alpha value is -2.25. The summed E-state index contributed by atoms with van der Waals surface area (Å²) < 4.78 is 105. The second-order valence-electron chi connectivity index (χ2n) is 8.17. The standard InChI is InChI=1S/C20H18ClF8N5/c21-17-16-15(30-11-31-17)13-7-12(8-32-3-5-33(6-4-32)10-19(24,25)26)1-2-14(13)34(16)9-18(22,23)20(27,28)29/h1-2,7,11H,3-6,8-10H2. The Labute approximate surface area is 192 Å². The number of aromatic nitrogens is 3. The van der Waals surface area contributed by atoms with Gasteiger partial charge in [0, 0.05) is 38.1 Å². The molecule has 1 aliphatic rings. The minimum Gasteiger partial charge on any atom is -0.330 e. The predicted molar refractivity (Wildman–Crippen MR) is 109 cm³/mol. The maximum absolute atomic E-state index is 13.9. The fraction of sp³-hybridized carbons (Fsp3) is 0.500. The second-order valence-corrected chi connectivity index (χ2v) is 8.53. The van der Waals surface area contributed by atoms with Crippen molar-refractivity contribution in [3.63, 3.8) is 0 Å². The Morgan fingerprint density at radius 2 is 1.50 bits per heavy atom. The topological polar surface area (TPSA) is 37.2 Å². The highest BCUT2D eigenvalue weighted by molar-refractivity contribution is 6.34. The predicted octanol–water partition coefficient (Wildman–Crippen LogP) is 5.12. The first-order chi connectivity index (χ1) is 15.7. The summed E-state index contributed by atoms with van der Waals surface area (Å²) in [5, 5.41) is 0.0620. The van der Waals surface area contributed by atoms with Crippen LogP contribution in [-0.4, -0.2) is 75.3 Å². The Kier molecular flexibility index (Phi) is 6.40. The molecule has 1 fully saturated rings. The van der Waals surface area contributed by atoms with E-state index >= 15 is 0 Å². The largest absolute Gasteiger partial charge is 0.455 e. The van der Waals surface area contributed by atoms with Crippen LogP contribution in [0.15, 0.2) is 24.5 Å². The van der Waals surface area contributed by atoms with Crippen molar-refractivity contribution in [1.29, 1.82) is 0 Å². The minimum absolute atomic E-state index is 0.0834. The van der Waals surface area contributed by atoms with Gasteiger partial charge >= 0.3 is 18.3 Å². The van der Waals surface area contributed by atoms with Crippen LogP contribution in [0.25, 0.3) is 21.9 Å². The van der Waals surface area contributed by atoms with Gasteiger partial charge in [-0.1, -0.05) is 17.7 Å². The van der Waals surface area contributed by atoms with Crippen LogP contribution in [0, 0.1) is 0 Å². The summed E-state index contributed by atoms with van der Waals surface area (Å²) in [5.41, 5.74) is 0.777. The Morgan fingerprint density at radius 3 is 2.12 bits per heavy atom. The van der Waals surface area contributed by atoms with E-state index in [9.17, 15) is 35.1 Å². The smallest absolute Gasteiger partial charge is 0.330 e. The Morgan fingerprint density at radius 1 is 0.853 bits per heavy atom. The molecule has 0 radical (unpaired) electrons. The van der Waals surface area contributed by atoms with Gasteiger partial charge in [0.25, 0.3) is 0 Å². The number of fused-ring (bicyclic) bond motifs is 3. The number of hydrogen-bond donors (Lipinski definition) is 0. The molecule has 5 nitrogen and oxygen atoms in total. The van der Waals surface area contributed by atoms with E-state index in [1.165, 1.54) is 11.0 Å². The summed E-state index contributed by atoms with van der Waals surface area (Å²) >= 11 is 6.04. The SMILES string of the molecule is FC(F)(F)CN1CCN(Cc2ccc3c(c2)c2ncnc(Cl)c2n3CC(F)(F)C(F)(F)F)CC1. The highest BCUT2D eigenvalue weighted by atomic mass is 35.5. The lowest BCUT2D eigenvalue weighted by molar-refractivity contribution is -0.286. The summed E-state index contributed by atoms with van der Waals surface area (Å²) in [6.07, 6.45) is -8.94. The summed E-state index contributed by atoms with van der Waals surface area (Å²) in [6.45, 7) is -1.06. The van der Waals surface area contributed by atoms with Gasteiger partial charge in [0.15, 0.2) is 5.15 Å². The maximum atomic E-state index is 13.9. The molecule has 0 amide bonds. The van der Waals surface area contributed by atoms with E-state index in [4.69, 9.17) is 11.6 Å². The van der Waals surface area contributed by atoms with Gasteiger partial charge in [0.2, 0.25) is 0 Å². The number of benzene rings is 1. The van der Waals surface area contributed by atoms with Gasteiger partial charge in [-0.15, -0.1) is 0 Å². The Balaban J connectivity index is 1.62. The van der Waals surface area contributed by atoms with E-state index < -0.39 is 31.4 Å². The number of alkyl halides is 8. The van der Waals surface area contributed by atoms with Crippen LogP contribution in [-0.2, 0) is 13.1 Å². The van der Waals surface area contributed by atoms with Gasteiger partial charge in [-0.3, -0.25) is 9.80 Å². The lowest BCUT2D eigenvalue weighted by Crippen LogP contribution is -2.48. The van der Waals surface area contributed by atoms with E-state index in [1.54, 1.807) is 12.1 Å². The van der Waals surface area contributed by atoms with Crippen LogP contribution >= 0.6 is 11.6 Å². The van der Waals surface area contributed by atoms with Crippen LogP contribution in [0.1, 0.15) is 5.56 Å². The van der Waals surface area contributed by atoms with E-state index in [-0.39, 0.29) is 34.8 Å².